The normalized spacial score (nSPS) is 11.4. The highest BCUT2D eigenvalue weighted by atomic mass is 127. The number of H-pyrrole nitrogens is 1. The zero-order chi connectivity index (χ0) is 16.0. The summed E-state index contributed by atoms with van der Waals surface area (Å²) < 4.78 is 10.8. The van der Waals surface area contributed by atoms with Gasteiger partial charge in [-0.3, -0.25) is 5.73 Å². The molecule has 4 rings (SSSR count). The molecule has 0 spiro atoms. The van der Waals surface area contributed by atoms with Crippen LogP contribution in [-0.4, -0.2) is 14.2 Å². The van der Waals surface area contributed by atoms with Crippen molar-refractivity contribution in [2.75, 3.05) is 20.0 Å². The van der Waals surface area contributed by atoms with Gasteiger partial charge in [-0.1, -0.05) is 17.4 Å². The number of nitrogens with one attached hydrogen (secondary N) is 1. The standard InChI is InChI=1S/C18H16N2O2S.HI/c1-21-12-4-6-13(15(9-12)22-2)10-3-5-14-11(7-10)8-16-17(14)20-18(19)23-16;/h3-7,9H,8H2,1-2H3,(H2,19,20);1H. The Balaban J connectivity index is 0.00000169. The van der Waals surface area contributed by atoms with Gasteiger partial charge in [0.1, 0.15) is 17.2 Å². The summed E-state index contributed by atoms with van der Waals surface area (Å²) >= 11 is 1.63. The molecule has 0 radical (unpaired) electrons. The van der Waals surface area contributed by atoms with E-state index >= 15 is 0 Å². The Bertz CT molecular complexity index is 908. The second kappa shape index (κ2) is 6.60. The molecule has 2 aromatic carbocycles. The Morgan fingerprint density at radius 1 is 1.04 bits per heavy atom. The number of hydrogen-bond acceptors (Lipinski definition) is 4. The van der Waals surface area contributed by atoms with Crippen LogP contribution in [0.25, 0.3) is 22.4 Å². The molecule has 1 aliphatic carbocycles. The van der Waals surface area contributed by atoms with Crippen molar-refractivity contribution < 1.29 is 38.4 Å². The van der Waals surface area contributed by atoms with Gasteiger partial charge in [-0.15, -0.1) is 0 Å². The third-order valence-corrected chi connectivity index (χ3v) is 5.12. The Hall–Kier alpha value is -1.80. The number of thiazole rings is 1. The van der Waals surface area contributed by atoms with Crippen LogP contribution in [-0.2, 0) is 6.42 Å². The van der Waals surface area contributed by atoms with Crippen LogP contribution in [0.1, 0.15) is 10.4 Å². The van der Waals surface area contributed by atoms with Gasteiger partial charge in [0, 0.05) is 23.6 Å². The van der Waals surface area contributed by atoms with Crippen LogP contribution in [0.5, 0.6) is 11.5 Å². The molecular weight excluding hydrogens is 435 g/mol. The molecule has 124 valence electrons. The summed E-state index contributed by atoms with van der Waals surface area (Å²) in [6.07, 6.45) is 0.926. The number of halogens is 1. The van der Waals surface area contributed by atoms with Gasteiger partial charge in [-0.05, 0) is 35.4 Å². The van der Waals surface area contributed by atoms with Gasteiger partial charge >= 0.3 is 5.13 Å². The molecule has 0 amide bonds. The number of fused-ring (bicyclic) bond motifs is 3. The van der Waals surface area contributed by atoms with E-state index in [-0.39, 0.29) is 24.0 Å². The minimum Gasteiger partial charge on any atom is -1.00 e. The lowest BCUT2D eigenvalue weighted by Gasteiger charge is -2.11. The molecule has 1 heterocycles. The lowest BCUT2D eigenvalue weighted by Crippen LogP contribution is -3.00. The maximum Gasteiger partial charge on any atom is 0.330 e. The molecule has 0 unspecified atom stereocenters. The molecule has 0 aliphatic heterocycles. The van der Waals surface area contributed by atoms with E-state index < -0.39 is 0 Å². The number of methoxy groups -OCH3 is 2. The van der Waals surface area contributed by atoms with Crippen LogP contribution in [0.3, 0.4) is 0 Å². The van der Waals surface area contributed by atoms with Gasteiger partial charge in [0.2, 0.25) is 0 Å². The van der Waals surface area contributed by atoms with Gasteiger partial charge in [-0.2, -0.15) is 0 Å². The number of aromatic nitrogens is 1. The lowest BCUT2D eigenvalue weighted by atomic mass is 9.99. The summed E-state index contributed by atoms with van der Waals surface area (Å²) in [5.41, 5.74) is 11.8. The number of hydrogen-bond donors (Lipinski definition) is 1. The average Bonchev–Trinajstić information content (AvgIpc) is 3.09. The molecule has 6 heteroatoms. The highest BCUT2D eigenvalue weighted by Gasteiger charge is 2.26. The third-order valence-electron chi connectivity index (χ3n) is 4.21. The Morgan fingerprint density at radius 3 is 2.58 bits per heavy atom. The van der Waals surface area contributed by atoms with Crippen molar-refractivity contribution in [1.29, 1.82) is 0 Å². The summed E-state index contributed by atoms with van der Waals surface area (Å²) in [5, 5.41) is 0.765. The predicted molar refractivity (Wildman–Crippen MR) is 92.1 cm³/mol. The van der Waals surface area contributed by atoms with Crippen LogP contribution in [0.4, 0.5) is 5.13 Å². The van der Waals surface area contributed by atoms with Gasteiger partial charge in [-0.25, -0.2) is 4.98 Å². The number of nitrogens with two attached hydrogens (primary N) is 1. The average molecular weight is 452 g/mol. The first-order chi connectivity index (χ1) is 11.2. The number of rotatable bonds is 3. The summed E-state index contributed by atoms with van der Waals surface area (Å²) in [5.74, 6) is 1.60. The summed E-state index contributed by atoms with van der Waals surface area (Å²) in [4.78, 5) is 4.57. The zero-order valence-corrected chi connectivity index (χ0v) is 16.3. The second-order valence-electron chi connectivity index (χ2n) is 5.50. The van der Waals surface area contributed by atoms with E-state index in [9.17, 15) is 0 Å². The van der Waals surface area contributed by atoms with Crippen LogP contribution in [0.2, 0.25) is 0 Å². The number of aromatic amines is 1. The van der Waals surface area contributed by atoms with Gasteiger partial charge in [0.25, 0.3) is 0 Å². The van der Waals surface area contributed by atoms with Crippen LogP contribution in [0.15, 0.2) is 36.4 Å². The largest absolute Gasteiger partial charge is 1.00 e. The van der Waals surface area contributed by atoms with E-state index in [2.05, 4.69) is 23.2 Å². The molecule has 3 N–H and O–H groups in total. The first-order valence-electron chi connectivity index (χ1n) is 7.35. The molecule has 0 bridgehead atoms. The summed E-state index contributed by atoms with van der Waals surface area (Å²) in [7, 11) is 3.34. The van der Waals surface area contributed by atoms with Crippen molar-refractivity contribution in [2.24, 2.45) is 0 Å². The van der Waals surface area contributed by atoms with Crippen LogP contribution in [0, 0.1) is 0 Å². The van der Waals surface area contributed by atoms with Crippen molar-refractivity contribution in [2.45, 2.75) is 6.42 Å². The van der Waals surface area contributed by atoms with E-state index in [0.717, 1.165) is 39.9 Å². The van der Waals surface area contributed by atoms with Crippen molar-refractivity contribution in [3.8, 4) is 33.9 Å². The molecule has 1 aliphatic rings. The fourth-order valence-corrected chi connectivity index (χ4v) is 4.01. The molecule has 0 fully saturated rings. The Labute approximate surface area is 161 Å². The van der Waals surface area contributed by atoms with Crippen molar-refractivity contribution in [1.82, 2.24) is 0 Å². The maximum atomic E-state index is 5.87. The number of ether oxygens (including phenoxy) is 2. The molecule has 24 heavy (non-hydrogen) atoms. The Morgan fingerprint density at radius 2 is 1.83 bits per heavy atom. The fraction of sp³-hybridized carbons (Fsp3) is 0.167. The molecule has 4 nitrogen and oxygen atoms in total. The third kappa shape index (κ3) is 2.73. The van der Waals surface area contributed by atoms with Crippen molar-refractivity contribution in [3.63, 3.8) is 0 Å². The smallest absolute Gasteiger partial charge is 0.330 e. The number of nitrogen functional groups attached to an aromatic ring is 1. The molecular formula is C18H17IN2O2S. The van der Waals surface area contributed by atoms with Crippen molar-refractivity contribution >= 4 is 16.5 Å². The van der Waals surface area contributed by atoms with Gasteiger partial charge in [0.15, 0.2) is 0 Å². The predicted octanol–water partition coefficient (Wildman–Crippen LogP) is 0.404. The van der Waals surface area contributed by atoms with Crippen LogP contribution < -0.4 is 44.2 Å². The Kier molecular flexibility index (Phi) is 4.69. The monoisotopic (exact) mass is 452 g/mol. The quantitative estimate of drug-likeness (QED) is 0.458. The van der Waals surface area contributed by atoms with E-state index in [1.165, 1.54) is 16.0 Å². The first kappa shape index (κ1) is 17.0. The topological polar surface area (TPSA) is 58.6 Å². The molecule has 0 atom stereocenters. The maximum absolute atomic E-state index is 5.87. The molecule has 0 saturated carbocycles. The molecule has 1 aromatic heterocycles. The van der Waals surface area contributed by atoms with E-state index in [1.807, 2.05) is 18.2 Å². The molecule has 3 aromatic rings. The highest BCUT2D eigenvalue weighted by molar-refractivity contribution is 7.15. The molecule has 0 saturated heterocycles. The second-order valence-corrected chi connectivity index (χ2v) is 6.64. The minimum absolute atomic E-state index is 0. The first-order valence-corrected chi connectivity index (χ1v) is 8.17. The van der Waals surface area contributed by atoms with Gasteiger partial charge in [0.05, 0.1) is 19.1 Å². The van der Waals surface area contributed by atoms with Crippen LogP contribution >= 0.6 is 11.3 Å². The van der Waals surface area contributed by atoms with Gasteiger partial charge < -0.3 is 33.5 Å². The highest BCUT2D eigenvalue weighted by Crippen LogP contribution is 2.41. The SMILES string of the molecule is COc1ccc(-c2ccc3c(c2)Cc2sc(N)[nH+]c2-3)c(OC)c1.[I-]. The lowest BCUT2D eigenvalue weighted by molar-refractivity contribution is -0.340. The summed E-state index contributed by atoms with van der Waals surface area (Å²) in [6, 6.07) is 12.4. The van der Waals surface area contributed by atoms with E-state index in [4.69, 9.17) is 15.2 Å². The van der Waals surface area contributed by atoms with E-state index in [1.54, 1.807) is 25.6 Å². The minimum atomic E-state index is 0. The fourth-order valence-electron chi connectivity index (χ4n) is 3.11. The number of anilines is 1. The van der Waals surface area contributed by atoms with E-state index in [0.29, 0.717) is 0 Å². The van der Waals surface area contributed by atoms with Crippen molar-refractivity contribution in [3.05, 3.63) is 46.8 Å². The zero-order valence-electron chi connectivity index (χ0n) is 13.4. The number of benzene rings is 2. The summed E-state index contributed by atoms with van der Waals surface area (Å²) in [6.45, 7) is 0.